The molecule has 0 spiro atoms. The number of Topliss-reactive ketones (excluding diaryl/α,β-unsaturated/α-hetero) is 1. The third kappa shape index (κ3) is 4.95. The van der Waals surface area contributed by atoms with Crippen molar-refractivity contribution in [3.63, 3.8) is 0 Å². The van der Waals surface area contributed by atoms with Crippen LogP contribution < -0.4 is 5.32 Å². The van der Waals surface area contributed by atoms with E-state index in [-0.39, 0.29) is 24.7 Å². The Bertz CT molecular complexity index is 1250. The van der Waals surface area contributed by atoms with Gasteiger partial charge < -0.3 is 10.1 Å². The predicted octanol–water partition coefficient (Wildman–Crippen LogP) is 5.06. The average Bonchev–Trinajstić information content (AvgIpc) is 3.16. The van der Waals surface area contributed by atoms with Crippen molar-refractivity contribution in [3.8, 4) is 29.0 Å². The van der Waals surface area contributed by atoms with Gasteiger partial charge in [0.15, 0.2) is 5.78 Å². The number of rotatable bonds is 6. The van der Waals surface area contributed by atoms with Crippen molar-refractivity contribution in [2.75, 3.05) is 13.2 Å². The van der Waals surface area contributed by atoms with Gasteiger partial charge in [-0.25, -0.2) is 4.79 Å². The number of ketones is 1. The van der Waals surface area contributed by atoms with E-state index in [1.807, 2.05) is 30.3 Å². The molecule has 3 aromatic carbocycles. The Kier molecular flexibility index (Phi) is 6.83. The van der Waals surface area contributed by atoms with Gasteiger partial charge in [0.05, 0.1) is 12.5 Å². The van der Waals surface area contributed by atoms with Gasteiger partial charge in [0.25, 0.3) is 0 Å². The summed E-state index contributed by atoms with van der Waals surface area (Å²) < 4.78 is 5.51. The number of carbonyl (C=O) groups is 2. The van der Waals surface area contributed by atoms with E-state index < -0.39 is 6.09 Å². The van der Waals surface area contributed by atoms with Crippen LogP contribution in [0.2, 0.25) is 0 Å². The zero-order valence-electron chi connectivity index (χ0n) is 18.0. The van der Waals surface area contributed by atoms with Crippen molar-refractivity contribution in [2.45, 2.75) is 18.8 Å². The van der Waals surface area contributed by atoms with E-state index in [1.54, 1.807) is 24.3 Å². The standard InChI is InChI=1S/C28H22N2O3/c29-17-16-27(31)21-11-2-1-9-20(21)10-7-8-18-30-28(32)33-19-26-24-14-5-3-12-22(24)23-13-4-6-15-25(23)26/h1-6,9,11-15,26H,8,16,18-19H2,(H,30,32). The fourth-order valence-corrected chi connectivity index (χ4v) is 4.04. The highest BCUT2D eigenvalue weighted by Crippen LogP contribution is 2.44. The number of ether oxygens (including phenoxy) is 1. The Morgan fingerprint density at radius 1 is 0.909 bits per heavy atom. The Labute approximate surface area is 193 Å². The monoisotopic (exact) mass is 434 g/mol. The van der Waals surface area contributed by atoms with Gasteiger partial charge in [-0.3, -0.25) is 4.79 Å². The maximum Gasteiger partial charge on any atom is 0.407 e. The van der Waals surface area contributed by atoms with Crippen LogP contribution in [-0.4, -0.2) is 25.0 Å². The van der Waals surface area contributed by atoms with Crippen molar-refractivity contribution >= 4 is 11.9 Å². The quantitative estimate of drug-likeness (QED) is 0.334. The van der Waals surface area contributed by atoms with Crippen molar-refractivity contribution in [1.29, 1.82) is 5.26 Å². The molecule has 3 aromatic rings. The summed E-state index contributed by atoms with van der Waals surface area (Å²) in [4.78, 5) is 24.2. The summed E-state index contributed by atoms with van der Waals surface area (Å²) in [5, 5.41) is 11.5. The first kappa shape index (κ1) is 21.9. The number of amides is 1. The van der Waals surface area contributed by atoms with E-state index >= 15 is 0 Å². The van der Waals surface area contributed by atoms with Gasteiger partial charge in [-0.05, 0) is 28.3 Å². The van der Waals surface area contributed by atoms with Crippen molar-refractivity contribution < 1.29 is 14.3 Å². The van der Waals surface area contributed by atoms with E-state index in [0.717, 1.165) is 0 Å². The summed E-state index contributed by atoms with van der Waals surface area (Å²) in [7, 11) is 0. The molecular weight excluding hydrogens is 412 g/mol. The predicted molar refractivity (Wildman–Crippen MR) is 126 cm³/mol. The molecule has 1 aliphatic carbocycles. The van der Waals surface area contributed by atoms with Gasteiger partial charge in [0.2, 0.25) is 0 Å². The molecule has 1 amide bonds. The molecule has 0 atom stereocenters. The van der Waals surface area contributed by atoms with Gasteiger partial charge in [-0.15, -0.1) is 0 Å². The Morgan fingerprint density at radius 2 is 1.55 bits per heavy atom. The molecule has 0 saturated carbocycles. The number of hydrogen-bond acceptors (Lipinski definition) is 4. The molecule has 0 aromatic heterocycles. The molecule has 4 rings (SSSR count). The van der Waals surface area contributed by atoms with Gasteiger partial charge in [-0.2, -0.15) is 5.26 Å². The lowest BCUT2D eigenvalue weighted by Crippen LogP contribution is -2.26. The molecule has 1 N–H and O–H groups in total. The Morgan fingerprint density at radius 3 is 2.24 bits per heavy atom. The second kappa shape index (κ2) is 10.3. The minimum absolute atomic E-state index is 0.0189. The summed E-state index contributed by atoms with van der Waals surface area (Å²) in [6.45, 7) is 0.595. The fourth-order valence-electron chi connectivity index (χ4n) is 4.04. The average molecular weight is 434 g/mol. The van der Waals surface area contributed by atoms with Crippen LogP contribution in [0.15, 0.2) is 72.8 Å². The molecule has 0 bridgehead atoms. The number of nitrogens with one attached hydrogen (secondary N) is 1. The lowest BCUT2D eigenvalue weighted by Gasteiger charge is -2.14. The summed E-state index contributed by atoms with van der Waals surface area (Å²) in [6, 6.07) is 25.2. The first-order chi connectivity index (χ1) is 16.2. The van der Waals surface area contributed by atoms with Crippen LogP contribution in [0, 0.1) is 23.2 Å². The SMILES string of the molecule is N#CCC(=O)c1ccccc1C#CCCNC(=O)OCC1c2ccccc2-c2ccccc21. The summed E-state index contributed by atoms with van der Waals surface area (Å²) in [6.07, 6.45) is -0.254. The van der Waals surface area contributed by atoms with Crippen LogP contribution in [0.5, 0.6) is 0 Å². The number of nitriles is 1. The maximum atomic E-state index is 12.2. The highest BCUT2D eigenvalue weighted by atomic mass is 16.5. The van der Waals surface area contributed by atoms with Crippen LogP contribution in [0.1, 0.15) is 45.8 Å². The number of fused-ring (bicyclic) bond motifs is 3. The third-order valence-corrected chi connectivity index (χ3v) is 5.55. The molecular formula is C28H22N2O3. The smallest absolute Gasteiger partial charge is 0.407 e. The molecule has 0 unspecified atom stereocenters. The number of carbonyl (C=O) groups excluding carboxylic acids is 2. The van der Waals surface area contributed by atoms with Gasteiger partial charge >= 0.3 is 6.09 Å². The van der Waals surface area contributed by atoms with E-state index in [1.165, 1.54) is 22.3 Å². The lowest BCUT2D eigenvalue weighted by atomic mass is 9.98. The highest BCUT2D eigenvalue weighted by molar-refractivity contribution is 5.99. The molecule has 0 aliphatic heterocycles. The highest BCUT2D eigenvalue weighted by Gasteiger charge is 2.28. The van der Waals surface area contributed by atoms with Crippen LogP contribution >= 0.6 is 0 Å². The fraction of sp³-hybridized carbons (Fsp3) is 0.179. The van der Waals surface area contributed by atoms with E-state index in [9.17, 15) is 9.59 Å². The summed E-state index contributed by atoms with van der Waals surface area (Å²) in [5.74, 6) is 5.68. The molecule has 33 heavy (non-hydrogen) atoms. The molecule has 0 fully saturated rings. The first-order valence-electron chi connectivity index (χ1n) is 10.8. The number of alkyl carbamates (subject to hydrolysis) is 1. The minimum atomic E-state index is -0.483. The topological polar surface area (TPSA) is 79.2 Å². The minimum Gasteiger partial charge on any atom is -0.449 e. The van der Waals surface area contributed by atoms with E-state index in [4.69, 9.17) is 10.00 Å². The molecule has 0 saturated heterocycles. The zero-order valence-corrected chi connectivity index (χ0v) is 18.0. The molecule has 0 heterocycles. The second-order valence-corrected chi connectivity index (χ2v) is 7.61. The second-order valence-electron chi connectivity index (χ2n) is 7.61. The first-order valence-corrected chi connectivity index (χ1v) is 10.8. The van der Waals surface area contributed by atoms with Gasteiger partial charge in [-0.1, -0.05) is 78.6 Å². The summed E-state index contributed by atoms with van der Waals surface area (Å²) >= 11 is 0. The lowest BCUT2D eigenvalue weighted by molar-refractivity contribution is 0.0997. The molecule has 5 heteroatoms. The number of nitrogens with zero attached hydrogens (tertiary/aromatic N) is 1. The van der Waals surface area contributed by atoms with E-state index in [2.05, 4.69) is 41.4 Å². The largest absolute Gasteiger partial charge is 0.449 e. The Hall–Kier alpha value is -4.35. The van der Waals surface area contributed by atoms with Crippen LogP contribution in [0.4, 0.5) is 4.79 Å². The zero-order chi connectivity index (χ0) is 23.0. The normalized spacial score (nSPS) is 11.4. The summed E-state index contributed by atoms with van der Waals surface area (Å²) in [5.41, 5.74) is 5.73. The third-order valence-electron chi connectivity index (χ3n) is 5.55. The molecule has 5 nitrogen and oxygen atoms in total. The van der Waals surface area contributed by atoms with Crippen molar-refractivity contribution in [2.24, 2.45) is 0 Å². The molecule has 1 aliphatic rings. The van der Waals surface area contributed by atoms with Gasteiger partial charge in [0.1, 0.15) is 6.61 Å². The van der Waals surface area contributed by atoms with Crippen LogP contribution in [0.25, 0.3) is 11.1 Å². The van der Waals surface area contributed by atoms with Crippen LogP contribution in [0.3, 0.4) is 0 Å². The molecule has 0 radical (unpaired) electrons. The maximum absolute atomic E-state index is 12.2. The van der Waals surface area contributed by atoms with Crippen LogP contribution in [-0.2, 0) is 4.74 Å². The van der Waals surface area contributed by atoms with Gasteiger partial charge in [0, 0.05) is 30.0 Å². The number of hydrogen-bond donors (Lipinski definition) is 1. The Balaban J connectivity index is 1.29. The number of benzene rings is 3. The van der Waals surface area contributed by atoms with Crippen molar-refractivity contribution in [3.05, 3.63) is 95.1 Å². The van der Waals surface area contributed by atoms with Crippen molar-refractivity contribution in [1.82, 2.24) is 5.32 Å². The molecule has 162 valence electrons. The van der Waals surface area contributed by atoms with E-state index in [0.29, 0.717) is 24.1 Å².